The van der Waals surface area contributed by atoms with Crippen LogP contribution in [0, 0.1) is 12.8 Å². The molecule has 3 aliphatic rings. The molecule has 0 aromatic carbocycles. The zero-order valence-electron chi connectivity index (χ0n) is 16.2. The Hall–Kier alpha value is -2.20. The van der Waals surface area contributed by atoms with Crippen molar-refractivity contribution in [1.29, 1.82) is 0 Å². The molecule has 2 aliphatic carbocycles. The summed E-state index contributed by atoms with van der Waals surface area (Å²) in [6.45, 7) is 6.71. The van der Waals surface area contributed by atoms with Crippen molar-refractivity contribution in [2.24, 2.45) is 5.92 Å². The summed E-state index contributed by atoms with van der Waals surface area (Å²) in [6, 6.07) is 6.77. The van der Waals surface area contributed by atoms with Crippen LogP contribution in [0.2, 0.25) is 0 Å². The Balaban J connectivity index is 1.31. The van der Waals surface area contributed by atoms with Crippen LogP contribution < -0.4 is 0 Å². The van der Waals surface area contributed by atoms with Crippen LogP contribution in [0.25, 0.3) is 5.57 Å². The van der Waals surface area contributed by atoms with Gasteiger partial charge in [0, 0.05) is 25.2 Å². The number of oxazole rings is 1. The Labute approximate surface area is 161 Å². The minimum atomic E-state index is -0.0256. The number of pyridine rings is 1. The van der Waals surface area contributed by atoms with Gasteiger partial charge in [-0.25, -0.2) is 4.98 Å². The van der Waals surface area contributed by atoms with E-state index in [9.17, 15) is 0 Å². The first kappa shape index (κ1) is 16.9. The highest BCUT2D eigenvalue weighted by atomic mass is 16.4. The molecule has 2 unspecified atom stereocenters. The molecular formula is C23H27N3O. The summed E-state index contributed by atoms with van der Waals surface area (Å²) >= 11 is 0. The highest BCUT2D eigenvalue weighted by molar-refractivity contribution is 5.75. The summed E-state index contributed by atoms with van der Waals surface area (Å²) in [5.41, 5.74) is 3.36. The van der Waals surface area contributed by atoms with E-state index in [1.165, 1.54) is 25.0 Å². The van der Waals surface area contributed by atoms with E-state index in [-0.39, 0.29) is 5.41 Å². The molecule has 140 valence electrons. The third kappa shape index (κ3) is 2.96. The summed E-state index contributed by atoms with van der Waals surface area (Å²) in [5, 5.41) is 0. The highest BCUT2D eigenvalue weighted by Gasteiger charge is 2.57. The molecule has 2 aromatic heterocycles. The van der Waals surface area contributed by atoms with E-state index in [4.69, 9.17) is 9.40 Å². The molecule has 3 heterocycles. The second kappa shape index (κ2) is 6.45. The quantitative estimate of drug-likeness (QED) is 0.795. The van der Waals surface area contributed by atoms with Gasteiger partial charge in [0.25, 0.3) is 0 Å². The molecule has 1 aliphatic heterocycles. The second-order valence-corrected chi connectivity index (χ2v) is 8.32. The van der Waals surface area contributed by atoms with Gasteiger partial charge in [-0.05, 0) is 63.3 Å². The van der Waals surface area contributed by atoms with E-state index >= 15 is 0 Å². The number of hydrogen-bond donors (Lipinski definition) is 0. The maximum Gasteiger partial charge on any atom is 0.205 e. The minimum absolute atomic E-state index is 0.0256. The van der Waals surface area contributed by atoms with Crippen molar-refractivity contribution < 1.29 is 4.42 Å². The Kier molecular flexibility index (Phi) is 4.05. The molecular weight excluding hydrogens is 334 g/mol. The maximum absolute atomic E-state index is 6.16. The minimum Gasteiger partial charge on any atom is -0.445 e. The van der Waals surface area contributed by atoms with Crippen LogP contribution >= 0.6 is 0 Å². The van der Waals surface area contributed by atoms with E-state index < -0.39 is 0 Å². The smallest absolute Gasteiger partial charge is 0.205 e. The van der Waals surface area contributed by atoms with Gasteiger partial charge < -0.3 is 9.32 Å². The molecule has 3 atom stereocenters. The molecule has 1 saturated carbocycles. The average Bonchev–Trinajstić information content (AvgIpc) is 3.11. The van der Waals surface area contributed by atoms with Gasteiger partial charge in [0.05, 0.1) is 16.8 Å². The lowest BCUT2D eigenvalue weighted by Crippen LogP contribution is -2.29. The predicted octanol–water partition coefficient (Wildman–Crippen LogP) is 4.32. The van der Waals surface area contributed by atoms with Crippen molar-refractivity contribution in [2.75, 3.05) is 13.1 Å². The Morgan fingerprint density at radius 1 is 1.33 bits per heavy atom. The van der Waals surface area contributed by atoms with Crippen molar-refractivity contribution in [2.45, 2.75) is 51.0 Å². The van der Waals surface area contributed by atoms with Crippen LogP contribution in [0.1, 0.15) is 49.2 Å². The number of fused-ring (bicyclic) bond motifs is 1. The molecule has 0 amide bonds. The fraction of sp³-hybridized carbons (Fsp3) is 0.478. The molecule has 0 radical (unpaired) electrons. The van der Waals surface area contributed by atoms with Crippen molar-refractivity contribution in [3.05, 3.63) is 65.7 Å². The van der Waals surface area contributed by atoms with Gasteiger partial charge in [-0.15, -0.1) is 0 Å². The van der Waals surface area contributed by atoms with E-state index in [1.807, 2.05) is 18.3 Å². The van der Waals surface area contributed by atoms with Gasteiger partial charge >= 0.3 is 0 Å². The van der Waals surface area contributed by atoms with E-state index in [0.717, 1.165) is 42.4 Å². The number of allylic oxidation sites excluding steroid dienone is 4. The third-order valence-corrected chi connectivity index (χ3v) is 6.58. The molecule has 0 spiro atoms. The highest BCUT2D eigenvalue weighted by Crippen LogP contribution is 2.59. The van der Waals surface area contributed by atoms with Crippen LogP contribution in [0.5, 0.6) is 0 Å². The van der Waals surface area contributed by atoms with Gasteiger partial charge in [-0.3, -0.25) is 4.98 Å². The first-order valence-corrected chi connectivity index (χ1v) is 10.2. The van der Waals surface area contributed by atoms with E-state index in [2.05, 4.69) is 48.0 Å². The van der Waals surface area contributed by atoms with Crippen LogP contribution in [0.3, 0.4) is 0 Å². The SMILES string of the molecule is Cc1oc(C23C=CC(c4ccccn4)=CC2C3)nc1CCN1CCC[C@H]1C. The number of aryl methyl sites for hydroxylation is 1. The van der Waals surface area contributed by atoms with Crippen molar-refractivity contribution in [3.63, 3.8) is 0 Å². The van der Waals surface area contributed by atoms with Crippen LogP contribution in [-0.2, 0) is 11.8 Å². The van der Waals surface area contributed by atoms with Gasteiger partial charge in [0.1, 0.15) is 5.76 Å². The zero-order valence-corrected chi connectivity index (χ0v) is 16.2. The monoisotopic (exact) mass is 361 g/mol. The van der Waals surface area contributed by atoms with Gasteiger partial charge in [0.15, 0.2) is 0 Å². The lowest BCUT2D eigenvalue weighted by atomic mass is 9.94. The van der Waals surface area contributed by atoms with Gasteiger partial charge in [-0.2, -0.15) is 0 Å². The zero-order chi connectivity index (χ0) is 18.4. The van der Waals surface area contributed by atoms with Crippen molar-refractivity contribution in [1.82, 2.24) is 14.9 Å². The molecule has 1 saturated heterocycles. The van der Waals surface area contributed by atoms with Crippen LogP contribution in [0.15, 0.2) is 47.0 Å². The van der Waals surface area contributed by atoms with Crippen LogP contribution in [-0.4, -0.2) is 34.0 Å². The number of nitrogens with zero attached hydrogens (tertiary/aromatic N) is 3. The van der Waals surface area contributed by atoms with Crippen molar-refractivity contribution >= 4 is 5.57 Å². The fourth-order valence-electron chi connectivity index (χ4n) is 4.67. The average molecular weight is 361 g/mol. The molecule has 0 bridgehead atoms. The molecule has 4 heteroatoms. The number of rotatable bonds is 5. The number of aromatic nitrogens is 2. The molecule has 4 nitrogen and oxygen atoms in total. The lowest BCUT2D eigenvalue weighted by molar-refractivity contribution is 0.271. The Morgan fingerprint density at radius 3 is 3.00 bits per heavy atom. The van der Waals surface area contributed by atoms with Gasteiger partial charge in [0.2, 0.25) is 5.89 Å². The Bertz CT molecular complexity index is 898. The van der Waals surface area contributed by atoms with Crippen molar-refractivity contribution in [3.8, 4) is 0 Å². The van der Waals surface area contributed by atoms with E-state index in [0.29, 0.717) is 12.0 Å². The van der Waals surface area contributed by atoms with Crippen LogP contribution in [0.4, 0.5) is 0 Å². The summed E-state index contributed by atoms with van der Waals surface area (Å²) in [5.74, 6) is 2.37. The third-order valence-electron chi connectivity index (χ3n) is 6.58. The van der Waals surface area contributed by atoms with E-state index in [1.54, 1.807) is 0 Å². The second-order valence-electron chi connectivity index (χ2n) is 8.32. The molecule has 2 aromatic rings. The fourth-order valence-corrected chi connectivity index (χ4v) is 4.67. The molecule has 27 heavy (non-hydrogen) atoms. The summed E-state index contributed by atoms with van der Waals surface area (Å²) in [4.78, 5) is 12.0. The predicted molar refractivity (Wildman–Crippen MR) is 106 cm³/mol. The Morgan fingerprint density at radius 2 is 2.26 bits per heavy atom. The molecule has 5 rings (SSSR count). The standard InChI is InChI=1S/C23H27N3O/c1-16-6-5-12-26(16)13-9-20-17(2)27-22(25-20)23-10-8-18(14-19(23)15-23)21-7-3-4-11-24-21/h3-4,7-8,10-11,14,16,19H,5-6,9,12-13,15H2,1-2H3/t16-,19?,23?/m1/s1. The molecule has 0 N–H and O–H groups in total. The first-order chi connectivity index (χ1) is 13.2. The van der Waals surface area contributed by atoms with Gasteiger partial charge in [-0.1, -0.05) is 24.3 Å². The lowest BCUT2D eigenvalue weighted by Gasteiger charge is -2.20. The molecule has 2 fully saturated rings. The summed E-state index contributed by atoms with van der Waals surface area (Å²) in [6.07, 6.45) is 13.4. The number of hydrogen-bond acceptors (Lipinski definition) is 4. The normalized spacial score (nSPS) is 29.6. The first-order valence-electron chi connectivity index (χ1n) is 10.2. The number of likely N-dealkylation sites (tertiary alicyclic amines) is 1. The topological polar surface area (TPSA) is 42.2 Å². The largest absolute Gasteiger partial charge is 0.445 e. The summed E-state index contributed by atoms with van der Waals surface area (Å²) < 4.78 is 6.16. The maximum atomic E-state index is 6.16. The summed E-state index contributed by atoms with van der Waals surface area (Å²) in [7, 11) is 0.